The molecule has 0 fully saturated rings. The fourth-order valence-corrected chi connectivity index (χ4v) is 4.98. The molecule has 2 aromatic carbocycles. The molecule has 1 aliphatic heterocycles. The van der Waals surface area contributed by atoms with Crippen LogP contribution in [0.3, 0.4) is 0 Å². The molecule has 5 heteroatoms. The Morgan fingerprint density at radius 3 is 2.71 bits per heavy atom. The highest BCUT2D eigenvalue weighted by Gasteiger charge is 2.22. The van der Waals surface area contributed by atoms with E-state index < -0.39 is 0 Å². The largest absolute Gasteiger partial charge is 0.349 e. The van der Waals surface area contributed by atoms with Crippen molar-refractivity contribution in [2.75, 3.05) is 5.75 Å². The number of nitrogens with zero attached hydrogens (tertiary/aromatic N) is 2. The van der Waals surface area contributed by atoms with E-state index in [9.17, 15) is 4.79 Å². The highest BCUT2D eigenvalue weighted by atomic mass is 32.2. The van der Waals surface area contributed by atoms with E-state index in [1.165, 1.54) is 16.0 Å². The van der Waals surface area contributed by atoms with E-state index in [0.29, 0.717) is 12.8 Å². The van der Waals surface area contributed by atoms with Crippen molar-refractivity contribution in [1.82, 2.24) is 15.1 Å². The van der Waals surface area contributed by atoms with Gasteiger partial charge in [-0.2, -0.15) is 5.10 Å². The van der Waals surface area contributed by atoms with Gasteiger partial charge in [-0.05, 0) is 56.0 Å². The summed E-state index contributed by atoms with van der Waals surface area (Å²) in [5.74, 6) is 1.15. The van der Waals surface area contributed by atoms with Gasteiger partial charge in [0, 0.05) is 22.8 Å². The van der Waals surface area contributed by atoms with Crippen molar-refractivity contribution in [2.45, 2.75) is 44.0 Å². The van der Waals surface area contributed by atoms with Crippen molar-refractivity contribution in [1.29, 1.82) is 0 Å². The molecule has 0 bridgehead atoms. The van der Waals surface area contributed by atoms with Crippen LogP contribution in [0.5, 0.6) is 0 Å². The highest BCUT2D eigenvalue weighted by molar-refractivity contribution is 7.99. The second-order valence-electron chi connectivity index (χ2n) is 7.19. The quantitative estimate of drug-likeness (QED) is 0.681. The summed E-state index contributed by atoms with van der Waals surface area (Å²) in [6.07, 6.45) is 2.17. The monoisotopic (exact) mass is 391 g/mol. The van der Waals surface area contributed by atoms with Gasteiger partial charge in [0.2, 0.25) is 5.91 Å². The fraction of sp³-hybridized carbons (Fsp3) is 0.304. The van der Waals surface area contributed by atoms with Gasteiger partial charge in [-0.25, -0.2) is 4.68 Å². The molecular formula is C23H25N3OS. The number of fused-ring (bicyclic) bond motifs is 1. The Balaban J connectivity index is 1.43. The third-order valence-corrected chi connectivity index (χ3v) is 6.46. The minimum absolute atomic E-state index is 0.109. The maximum absolute atomic E-state index is 12.6. The Labute approximate surface area is 170 Å². The van der Waals surface area contributed by atoms with Gasteiger partial charge in [-0.3, -0.25) is 4.79 Å². The molecule has 4 rings (SSSR count). The zero-order valence-corrected chi connectivity index (χ0v) is 17.1. The normalized spacial score (nSPS) is 15.9. The number of carbonyl (C=O) groups is 1. The van der Waals surface area contributed by atoms with Crippen LogP contribution in [0.25, 0.3) is 5.69 Å². The van der Waals surface area contributed by atoms with Crippen LogP contribution in [0.2, 0.25) is 0 Å². The number of carbonyl (C=O) groups excluding carboxylic acids is 1. The number of rotatable bonds is 5. The molecular weight excluding hydrogens is 366 g/mol. The van der Waals surface area contributed by atoms with E-state index in [0.717, 1.165) is 29.2 Å². The summed E-state index contributed by atoms with van der Waals surface area (Å²) in [4.78, 5) is 13.9. The van der Waals surface area contributed by atoms with Crippen molar-refractivity contribution in [3.05, 3.63) is 77.1 Å². The molecule has 0 spiro atoms. The zero-order valence-electron chi connectivity index (χ0n) is 16.3. The average Bonchev–Trinajstić information content (AvgIpc) is 3.01. The summed E-state index contributed by atoms with van der Waals surface area (Å²) >= 11 is 1.87. The van der Waals surface area contributed by atoms with E-state index in [-0.39, 0.29) is 11.9 Å². The number of nitrogens with one attached hydrogen (secondary N) is 1. The first kappa shape index (κ1) is 18.8. The second kappa shape index (κ2) is 8.23. The number of para-hydroxylation sites is 1. The number of benzene rings is 2. The molecule has 3 aromatic rings. The predicted molar refractivity (Wildman–Crippen MR) is 114 cm³/mol. The summed E-state index contributed by atoms with van der Waals surface area (Å²) < 4.78 is 1.97. The van der Waals surface area contributed by atoms with Crippen LogP contribution >= 0.6 is 11.8 Å². The molecule has 0 radical (unpaired) electrons. The Bertz CT molecular complexity index is 981. The first-order valence-corrected chi connectivity index (χ1v) is 10.7. The van der Waals surface area contributed by atoms with Crippen LogP contribution in [0, 0.1) is 13.8 Å². The van der Waals surface area contributed by atoms with E-state index in [4.69, 9.17) is 0 Å². The molecule has 1 aliphatic rings. The molecule has 0 saturated carbocycles. The SMILES string of the molecule is Cc1nn(-c2ccccc2)c(C)c1CCC(=O)N[C@@H]1CCSc2ccccc21. The third kappa shape index (κ3) is 3.85. The van der Waals surface area contributed by atoms with Crippen LogP contribution < -0.4 is 5.32 Å². The van der Waals surface area contributed by atoms with E-state index in [2.05, 4.69) is 53.7 Å². The van der Waals surface area contributed by atoms with Gasteiger partial charge in [0.05, 0.1) is 17.4 Å². The first-order valence-electron chi connectivity index (χ1n) is 9.75. The lowest BCUT2D eigenvalue weighted by atomic mass is 10.0. The van der Waals surface area contributed by atoms with Crippen LogP contribution in [0.4, 0.5) is 0 Å². The van der Waals surface area contributed by atoms with Crippen LogP contribution in [0.1, 0.15) is 41.4 Å². The lowest BCUT2D eigenvalue weighted by Gasteiger charge is -2.25. The molecule has 4 nitrogen and oxygen atoms in total. The lowest BCUT2D eigenvalue weighted by molar-refractivity contribution is -0.121. The van der Waals surface area contributed by atoms with Crippen molar-refractivity contribution in [3.8, 4) is 5.69 Å². The average molecular weight is 392 g/mol. The van der Waals surface area contributed by atoms with Gasteiger partial charge in [0.15, 0.2) is 0 Å². The lowest BCUT2D eigenvalue weighted by Crippen LogP contribution is -2.30. The molecule has 1 aromatic heterocycles. The number of hydrogen-bond acceptors (Lipinski definition) is 3. The summed E-state index contributed by atoms with van der Waals surface area (Å²) in [6.45, 7) is 4.10. The summed E-state index contributed by atoms with van der Waals surface area (Å²) in [6, 6.07) is 18.6. The van der Waals surface area contributed by atoms with Crippen molar-refractivity contribution < 1.29 is 4.79 Å². The van der Waals surface area contributed by atoms with Crippen LogP contribution in [-0.4, -0.2) is 21.4 Å². The van der Waals surface area contributed by atoms with Crippen molar-refractivity contribution in [2.24, 2.45) is 0 Å². The molecule has 0 saturated heterocycles. The highest BCUT2D eigenvalue weighted by Crippen LogP contribution is 2.35. The van der Waals surface area contributed by atoms with Gasteiger partial charge in [0.25, 0.3) is 0 Å². The molecule has 1 N–H and O–H groups in total. The molecule has 1 atom stereocenters. The summed E-state index contributed by atoms with van der Waals surface area (Å²) in [5.41, 5.74) is 5.56. The van der Waals surface area contributed by atoms with Gasteiger partial charge in [0.1, 0.15) is 0 Å². The molecule has 0 aliphatic carbocycles. The van der Waals surface area contributed by atoms with Gasteiger partial charge >= 0.3 is 0 Å². The van der Waals surface area contributed by atoms with Gasteiger partial charge in [-0.1, -0.05) is 36.4 Å². The number of hydrogen-bond donors (Lipinski definition) is 1. The minimum Gasteiger partial charge on any atom is -0.349 e. The second-order valence-corrected chi connectivity index (χ2v) is 8.33. The zero-order chi connectivity index (χ0) is 19.5. The topological polar surface area (TPSA) is 46.9 Å². The Hall–Kier alpha value is -2.53. The number of aryl methyl sites for hydroxylation is 1. The number of amides is 1. The molecule has 2 heterocycles. The Kier molecular flexibility index (Phi) is 5.53. The molecule has 1 amide bonds. The van der Waals surface area contributed by atoms with Crippen LogP contribution in [-0.2, 0) is 11.2 Å². The standard InChI is InChI=1S/C23H25N3OS/c1-16-19(17(2)26(25-16)18-8-4-3-5-9-18)12-13-23(27)24-21-14-15-28-22-11-7-6-10-20(21)22/h3-11,21H,12-15H2,1-2H3,(H,24,27)/t21-/m1/s1. The maximum atomic E-state index is 12.6. The van der Waals surface area contributed by atoms with Gasteiger partial charge in [-0.15, -0.1) is 11.8 Å². The minimum atomic E-state index is 0.109. The number of thioether (sulfide) groups is 1. The van der Waals surface area contributed by atoms with E-state index in [1.807, 2.05) is 41.6 Å². The smallest absolute Gasteiger partial charge is 0.220 e. The van der Waals surface area contributed by atoms with Crippen molar-refractivity contribution >= 4 is 17.7 Å². The van der Waals surface area contributed by atoms with Gasteiger partial charge < -0.3 is 5.32 Å². The summed E-state index contributed by atoms with van der Waals surface area (Å²) in [5, 5.41) is 7.93. The maximum Gasteiger partial charge on any atom is 0.220 e. The molecule has 144 valence electrons. The van der Waals surface area contributed by atoms with E-state index in [1.54, 1.807) is 0 Å². The van der Waals surface area contributed by atoms with Crippen molar-refractivity contribution in [3.63, 3.8) is 0 Å². The Morgan fingerprint density at radius 1 is 1.14 bits per heavy atom. The fourth-order valence-electron chi connectivity index (χ4n) is 3.85. The predicted octanol–water partition coefficient (Wildman–Crippen LogP) is 4.78. The van der Waals surface area contributed by atoms with Crippen LogP contribution in [0.15, 0.2) is 59.5 Å². The Morgan fingerprint density at radius 2 is 1.89 bits per heavy atom. The third-order valence-electron chi connectivity index (χ3n) is 5.34. The number of aromatic nitrogens is 2. The first-order chi connectivity index (χ1) is 13.6. The summed E-state index contributed by atoms with van der Waals surface area (Å²) in [7, 11) is 0. The molecule has 0 unspecified atom stereocenters. The molecule has 28 heavy (non-hydrogen) atoms. The van der Waals surface area contributed by atoms with E-state index >= 15 is 0 Å².